The van der Waals surface area contributed by atoms with Gasteiger partial charge in [-0.15, -0.1) is 0 Å². The number of piperidine rings is 1. The number of carbonyl (C=O) groups excluding carboxylic acids is 1. The summed E-state index contributed by atoms with van der Waals surface area (Å²) in [7, 11) is 0. The third-order valence-corrected chi connectivity index (χ3v) is 4.15. The molecule has 0 saturated carbocycles. The average Bonchev–Trinajstić information content (AvgIpc) is 2.60. The summed E-state index contributed by atoms with van der Waals surface area (Å²) in [5.74, 6) is 2.27. The summed E-state index contributed by atoms with van der Waals surface area (Å²) in [6.07, 6.45) is 2.14. The summed E-state index contributed by atoms with van der Waals surface area (Å²) in [6.45, 7) is 8.55. The molecule has 1 fully saturated rings. The van der Waals surface area contributed by atoms with Crippen molar-refractivity contribution in [3.63, 3.8) is 0 Å². The van der Waals surface area contributed by atoms with Gasteiger partial charge in [-0.1, -0.05) is 6.92 Å². The lowest BCUT2D eigenvalue weighted by Crippen LogP contribution is -2.42. The zero-order valence-electron chi connectivity index (χ0n) is 14.2. The van der Waals surface area contributed by atoms with Crippen LogP contribution >= 0.6 is 0 Å². The van der Waals surface area contributed by atoms with Gasteiger partial charge in [-0.3, -0.25) is 4.79 Å². The molecule has 1 aromatic rings. The fraction of sp³-hybridized carbons (Fsp3) is 0.611. The summed E-state index contributed by atoms with van der Waals surface area (Å²) in [4.78, 5) is 14.1. The average molecular weight is 320 g/mol. The van der Waals surface area contributed by atoms with E-state index in [2.05, 4.69) is 12.2 Å². The SMILES string of the molecule is CCNCC1CCN(C(=O)COc2ccc(OCC)cc2)CC1. The number of nitrogens with zero attached hydrogens (tertiary/aromatic N) is 1. The Balaban J connectivity index is 1.70. The number of hydrogen-bond acceptors (Lipinski definition) is 4. The molecule has 5 heteroatoms. The van der Waals surface area contributed by atoms with Gasteiger partial charge in [0.15, 0.2) is 6.61 Å². The lowest BCUT2D eigenvalue weighted by Gasteiger charge is -2.32. The van der Waals surface area contributed by atoms with Crippen LogP contribution in [0.15, 0.2) is 24.3 Å². The molecule has 5 nitrogen and oxygen atoms in total. The third kappa shape index (κ3) is 5.75. The molecule has 1 heterocycles. The molecular weight excluding hydrogens is 292 g/mol. The van der Waals surface area contributed by atoms with Crippen molar-refractivity contribution in [2.75, 3.05) is 39.4 Å². The molecule has 0 atom stereocenters. The smallest absolute Gasteiger partial charge is 0.260 e. The Hall–Kier alpha value is -1.75. The molecule has 0 bridgehead atoms. The first kappa shape index (κ1) is 17.6. The highest BCUT2D eigenvalue weighted by Gasteiger charge is 2.22. The van der Waals surface area contributed by atoms with Crippen LogP contribution in [0.2, 0.25) is 0 Å². The highest BCUT2D eigenvalue weighted by molar-refractivity contribution is 5.77. The van der Waals surface area contributed by atoms with Crippen LogP contribution in [-0.4, -0.2) is 50.2 Å². The van der Waals surface area contributed by atoms with Gasteiger partial charge in [0.1, 0.15) is 11.5 Å². The van der Waals surface area contributed by atoms with Crippen LogP contribution in [0.4, 0.5) is 0 Å². The van der Waals surface area contributed by atoms with Crippen LogP contribution in [0.5, 0.6) is 11.5 Å². The second-order valence-corrected chi connectivity index (χ2v) is 5.82. The summed E-state index contributed by atoms with van der Waals surface area (Å²) < 4.78 is 11.0. The summed E-state index contributed by atoms with van der Waals surface area (Å²) in [6, 6.07) is 7.38. The van der Waals surface area contributed by atoms with Crippen LogP contribution in [0.25, 0.3) is 0 Å². The van der Waals surface area contributed by atoms with E-state index < -0.39 is 0 Å². The first-order chi connectivity index (χ1) is 11.2. The predicted molar refractivity (Wildman–Crippen MR) is 91.0 cm³/mol. The van der Waals surface area contributed by atoms with Gasteiger partial charge < -0.3 is 19.7 Å². The van der Waals surface area contributed by atoms with Crippen molar-refractivity contribution < 1.29 is 14.3 Å². The minimum absolute atomic E-state index is 0.0702. The molecule has 1 aromatic carbocycles. The van der Waals surface area contributed by atoms with Crippen molar-refractivity contribution in [1.29, 1.82) is 0 Å². The van der Waals surface area contributed by atoms with Gasteiger partial charge in [0, 0.05) is 13.1 Å². The number of carbonyl (C=O) groups is 1. The molecule has 1 saturated heterocycles. The van der Waals surface area contributed by atoms with Gasteiger partial charge in [-0.25, -0.2) is 0 Å². The minimum atomic E-state index is 0.0702. The molecule has 1 aliphatic rings. The van der Waals surface area contributed by atoms with Crippen molar-refractivity contribution >= 4 is 5.91 Å². The first-order valence-electron chi connectivity index (χ1n) is 8.57. The Morgan fingerprint density at radius 2 is 1.74 bits per heavy atom. The van der Waals surface area contributed by atoms with Crippen molar-refractivity contribution in [1.82, 2.24) is 10.2 Å². The Morgan fingerprint density at radius 3 is 2.30 bits per heavy atom. The van der Waals surface area contributed by atoms with E-state index in [9.17, 15) is 4.79 Å². The molecule has 2 rings (SSSR count). The van der Waals surface area contributed by atoms with E-state index in [1.165, 1.54) is 0 Å². The highest BCUT2D eigenvalue weighted by atomic mass is 16.5. The van der Waals surface area contributed by atoms with Gasteiger partial charge in [0.05, 0.1) is 6.61 Å². The first-order valence-corrected chi connectivity index (χ1v) is 8.57. The predicted octanol–water partition coefficient (Wildman–Crippen LogP) is 2.31. The number of hydrogen-bond donors (Lipinski definition) is 1. The fourth-order valence-corrected chi connectivity index (χ4v) is 2.77. The van der Waals surface area contributed by atoms with E-state index in [1.54, 1.807) is 0 Å². The number of rotatable bonds is 8. The van der Waals surface area contributed by atoms with Crippen molar-refractivity contribution in [2.24, 2.45) is 5.92 Å². The van der Waals surface area contributed by atoms with Crippen molar-refractivity contribution in [2.45, 2.75) is 26.7 Å². The number of benzene rings is 1. The second kappa shape index (κ2) is 9.40. The van der Waals surface area contributed by atoms with E-state index in [1.807, 2.05) is 36.1 Å². The maximum Gasteiger partial charge on any atom is 0.260 e. The standard InChI is InChI=1S/C18H28N2O3/c1-3-19-13-15-9-11-20(12-10-15)18(21)14-23-17-7-5-16(6-8-17)22-4-2/h5-8,15,19H,3-4,9-14H2,1-2H3. The van der Waals surface area contributed by atoms with Crippen LogP contribution in [0.3, 0.4) is 0 Å². The third-order valence-electron chi connectivity index (χ3n) is 4.15. The molecule has 128 valence electrons. The normalized spacial score (nSPS) is 15.5. The monoisotopic (exact) mass is 320 g/mol. The Labute approximate surface area is 139 Å². The molecule has 0 aliphatic carbocycles. The van der Waals surface area contributed by atoms with Crippen molar-refractivity contribution in [3.8, 4) is 11.5 Å². The van der Waals surface area contributed by atoms with Crippen molar-refractivity contribution in [3.05, 3.63) is 24.3 Å². The van der Waals surface area contributed by atoms with Gasteiger partial charge in [-0.05, 0) is 63.0 Å². The molecule has 0 aromatic heterocycles. The molecule has 1 amide bonds. The van der Waals surface area contributed by atoms with Crippen LogP contribution < -0.4 is 14.8 Å². The number of ether oxygens (including phenoxy) is 2. The summed E-state index contributed by atoms with van der Waals surface area (Å²) in [5, 5.41) is 3.38. The zero-order chi connectivity index (χ0) is 16.5. The molecule has 0 radical (unpaired) electrons. The fourth-order valence-electron chi connectivity index (χ4n) is 2.77. The topological polar surface area (TPSA) is 50.8 Å². The Kier molecular flexibility index (Phi) is 7.20. The summed E-state index contributed by atoms with van der Waals surface area (Å²) >= 11 is 0. The van der Waals surface area contributed by atoms with Gasteiger partial charge >= 0.3 is 0 Å². The summed E-state index contributed by atoms with van der Waals surface area (Å²) in [5.41, 5.74) is 0. The molecule has 0 unspecified atom stereocenters. The lowest BCUT2D eigenvalue weighted by molar-refractivity contribution is -0.134. The number of likely N-dealkylation sites (tertiary alicyclic amines) is 1. The van der Waals surface area contributed by atoms with Gasteiger partial charge in [0.2, 0.25) is 0 Å². The number of nitrogens with one attached hydrogen (secondary N) is 1. The van der Waals surface area contributed by atoms with E-state index in [-0.39, 0.29) is 12.5 Å². The van der Waals surface area contributed by atoms with E-state index in [0.717, 1.165) is 44.8 Å². The maximum absolute atomic E-state index is 12.2. The lowest BCUT2D eigenvalue weighted by atomic mass is 9.97. The van der Waals surface area contributed by atoms with Crippen LogP contribution in [-0.2, 0) is 4.79 Å². The van der Waals surface area contributed by atoms with Crippen LogP contribution in [0, 0.1) is 5.92 Å². The number of amides is 1. The van der Waals surface area contributed by atoms with E-state index in [0.29, 0.717) is 18.3 Å². The molecule has 1 aliphatic heterocycles. The van der Waals surface area contributed by atoms with Gasteiger partial charge in [-0.2, -0.15) is 0 Å². The highest BCUT2D eigenvalue weighted by Crippen LogP contribution is 2.19. The zero-order valence-corrected chi connectivity index (χ0v) is 14.2. The van der Waals surface area contributed by atoms with E-state index >= 15 is 0 Å². The molecular formula is C18H28N2O3. The minimum Gasteiger partial charge on any atom is -0.494 e. The molecule has 0 spiro atoms. The largest absolute Gasteiger partial charge is 0.494 e. The van der Waals surface area contributed by atoms with Gasteiger partial charge in [0.25, 0.3) is 5.91 Å². The second-order valence-electron chi connectivity index (χ2n) is 5.82. The Morgan fingerprint density at radius 1 is 1.13 bits per heavy atom. The maximum atomic E-state index is 12.2. The molecule has 23 heavy (non-hydrogen) atoms. The van der Waals surface area contributed by atoms with Crippen LogP contribution in [0.1, 0.15) is 26.7 Å². The van der Waals surface area contributed by atoms with E-state index in [4.69, 9.17) is 9.47 Å². The quantitative estimate of drug-likeness (QED) is 0.798. The molecule has 1 N–H and O–H groups in total. The Bertz CT molecular complexity index is 468.